The monoisotopic (exact) mass is 222 g/mol. The van der Waals surface area contributed by atoms with Gasteiger partial charge in [0.15, 0.2) is 0 Å². The minimum Gasteiger partial charge on any atom is -0.334 e. The maximum Gasteiger partial charge on any atom is 0.0948 e. The molecular formula is C12H22N4. The van der Waals surface area contributed by atoms with Crippen molar-refractivity contribution in [1.29, 1.82) is 0 Å². The van der Waals surface area contributed by atoms with Crippen molar-refractivity contribution in [3.8, 4) is 0 Å². The van der Waals surface area contributed by atoms with E-state index in [2.05, 4.69) is 33.6 Å². The molecule has 1 atom stereocenters. The number of nitrogens with one attached hydrogen (secondary N) is 1. The molecule has 16 heavy (non-hydrogen) atoms. The van der Waals surface area contributed by atoms with Crippen LogP contribution >= 0.6 is 0 Å². The number of aryl methyl sites for hydroxylation is 1. The summed E-state index contributed by atoms with van der Waals surface area (Å²) >= 11 is 0. The number of imidazole rings is 1. The second kappa shape index (κ2) is 5.46. The smallest absolute Gasteiger partial charge is 0.0948 e. The SMILES string of the molecule is CCN(Cc1cncn1CC)C1CCNC1. The summed E-state index contributed by atoms with van der Waals surface area (Å²) < 4.78 is 2.23. The van der Waals surface area contributed by atoms with E-state index in [1.54, 1.807) is 0 Å². The summed E-state index contributed by atoms with van der Waals surface area (Å²) in [5.74, 6) is 0. The van der Waals surface area contributed by atoms with Crippen LogP contribution in [0.1, 0.15) is 26.0 Å². The maximum absolute atomic E-state index is 4.23. The highest BCUT2D eigenvalue weighted by Crippen LogP contribution is 2.12. The van der Waals surface area contributed by atoms with Crippen molar-refractivity contribution in [1.82, 2.24) is 19.8 Å². The van der Waals surface area contributed by atoms with Crippen LogP contribution in [0.5, 0.6) is 0 Å². The van der Waals surface area contributed by atoms with Crippen molar-refractivity contribution in [3.63, 3.8) is 0 Å². The van der Waals surface area contributed by atoms with E-state index in [9.17, 15) is 0 Å². The van der Waals surface area contributed by atoms with E-state index in [4.69, 9.17) is 0 Å². The van der Waals surface area contributed by atoms with Crippen LogP contribution in [-0.2, 0) is 13.1 Å². The molecule has 1 fully saturated rings. The van der Waals surface area contributed by atoms with E-state index >= 15 is 0 Å². The normalized spacial score (nSPS) is 20.8. The second-order valence-electron chi connectivity index (χ2n) is 4.38. The Kier molecular flexibility index (Phi) is 3.96. The minimum absolute atomic E-state index is 0.699. The van der Waals surface area contributed by atoms with Crippen LogP contribution in [0.15, 0.2) is 12.5 Å². The van der Waals surface area contributed by atoms with E-state index in [1.165, 1.54) is 12.1 Å². The maximum atomic E-state index is 4.23. The lowest BCUT2D eigenvalue weighted by Gasteiger charge is -2.26. The fraction of sp³-hybridized carbons (Fsp3) is 0.750. The Bertz CT molecular complexity index is 315. The van der Waals surface area contributed by atoms with Crippen molar-refractivity contribution in [2.75, 3.05) is 19.6 Å². The zero-order valence-electron chi connectivity index (χ0n) is 10.3. The topological polar surface area (TPSA) is 33.1 Å². The molecule has 0 bridgehead atoms. The number of aromatic nitrogens is 2. The Balaban J connectivity index is 2.00. The summed E-state index contributed by atoms with van der Waals surface area (Å²) in [6.45, 7) is 9.85. The summed E-state index contributed by atoms with van der Waals surface area (Å²) in [4.78, 5) is 6.77. The summed E-state index contributed by atoms with van der Waals surface area (Å²) in [6, 6.07) is 0.699. The Hall–Kier alpha value is -0.870. The Labute approximate surface area is 97.7 Å². The van der Waals surface area contributed by atoms with Gasteiger partial charge in [-0.2, -0.15) is 0 Å². The van der Waals surface area contributed by atoms with Gasteiger partial charge in [0, 0.05) is 31.9 Å². The van der Waals surface area contributed by atoms with Crippen molar-refractivity contribution in [3.05, 3.63) is 18.2 Å². The lowest BCUT2D eigenvalue weighted by molar-refractivity contribution is 0.205. The first kappa shape index (κ1) is 11.6. The average Bonchev–Trinajstić information content (AvgIpc) is 2.96. The lowest BCUT2D eigenvalue weighted by atomic mass is 10.2. The molecule has 4 nitrogen and oxygen atoms in total. The highest BCUT2D eigenvalue weighted by Gasteiger charge is 2.21. The molecule has 0 radical (unpaired) electrons. The zero-order valence-corrected chi connectivity index (χ0v) is 10.3. The van der Waals surface area contributed by atoms with Crippen LogP contribution in [-0.4, -0.2) is 40.1 Å². The molecule has 0 aromatic carbocycles. The van der Waals surface area contributed by atoms with Gasteiger partial charge < -0.3 is 9.88 Å². The molecule has 4 heteroatoms. The standard InChI is InChI=1S/C12H22N4/c1-3-15(11-5-6-13-7-11)9-12-8-14-10-16(12)4-2/h8,10-11,13H,3-7,9H2,1-2H3. The van der Waals surface area contributed by atoms with Crippen LogP contribution in [0.4, 0.5) is 0 Å². The first-order valence-corrected chi connectivity index (χ1v) is 6.29. The molecule has 0 spiro atoms. The molecule has 1 aromatic rings. The summed E-state index contributed by atoms with van der Waals surface area (Å²) in [7, 11) is 0. The average molecular weight is 222 g/mol. The fourth-order valence-corrected chi connectivity index (χ4v) is 2.42. The molecular weight excluding hydrogens is 200 g/mol. The van der Waals surface area contributed by atoms with Crippen LogP contribution in [0.25, 0.3) is 0 Å². The van der Waals surface area contributed by atoms with Crippen LogP contribution < -0.4 is 5.32 Å². The van der Waals surface area contributed by atoms with E-state index in [0.717, 1.165) is 32.7 Å². The molecule has 0 saturated carbocycles. The van der Waals surface area contributed by atoms with Crippen molar-refractivity contribution >= 4 is 0 Å². The van der Waals surface area contributed by atoms with Gasteiger partial charge in [0.1, 0.15) is 0 Å². The van der Waals surface area contributed by atoms with Crippen molar-refractivity contribution < 1.29 is 0 Å². The Morgan fingerprint density at radius 3 is 3.06 bits per heavy atom. The largest absolute Gasteiger partial charge is 0.334 e. The van der Waals surface area contributed by atoms with E-state index in [-0.39, 0.29) is 0 Å². The third kappa shape index (κ3) is 2.44. The fourth-order valence-electron chi connectivity index (χ4n) is 2.42. The van der Waals surface area contributed by atoms with Crippen LogP contribution in [0.2, 0.25) is 0 Å². The quantitative estimate of drug-likeness (QED) is 0.809. The Morgan fingerprint density at radius 1 is 1.56 bits per heavy atom. The van der Waals surface area contributed by atoms with Gasteiger partial charge in [-0.3, -0.25) is 4.90 Å². The molecule has 1 N–H and O–H groups in total. The molecule has 1 aromatic heterocycles. The Morgan fingerprint density at radius 2 is 2.44 bits per heavy atom. The molecule has 1 saturated heterocycles. The van der Waals surface area contributed by atoms with Crippen LogP contribution in [0.3, 0.4) is 0 Å². The number of likely N-dealkylation sites (N-methyl/N-ethyl adjacent to an activating group) is 1. The predicted molar refractivity (Wildman–Crippen MR) is 65.3 cm³/mol. The van der Waals surface area contributed by atoms with Gasteiger partial charge in [0.05, 0.1) is 12.0 Å². The molecule has 0 amide bonds. The van der Waals surface area contributed by atoms with Gasteiger partial charge in [-0.05, 0) is 26.4 Å². The first-order valence-electron chi connectivity index (χ1n) is 6.29. The molecule has 1 unspecified atom stereocenters. The van der Waals surface area contributed by atoms with Gasteiger partial charge in [-0.15, -0.1) is 0 Å². The molecule has 0 aliphatic carbocycles. The number of rotatable bonds is 5. The van der Waals surface area contributed by atoms with Gasteiger partial charge in [0.2, 0.25) is 0 Å². The molecule has 1 aliphatic heterocycles. The van der Waals surface area contributed by atoms with Gasteiger partial charge in [-0.1, -0.05) is 6.92 Å². The number of hydrogen-bond donors (Lipinski definition) is 1. The first-order chi connectivity index (χ1) is 7.85. The van der Waals surface area contributed by atoms with E-state index in [0.29, 0.717) is 6.04 Å². The van der Waals surface area contributed by atoms with Gasteiger partial charge >= 0.3 is 0 Å². The summed E-state index contributed by atoms with van der Waals surface area (Å²) in [6.07, 6.45) is 5.19. The predicted octanol–water partition coefficient (Wildman–Crippen LogP) is 1.09. The third-order valence-electron chi connectivity index (χ3n) is 3.46. The molecule has 1 aliphatic rings. The molecule has 90 valence electrons. The van der Waals surface area contributed by atoms with Crippen molar-refractivity contribution in [2.45, 2.75) is 39.4 Å². The highest BCUT2D eigenvalue weighted by molar-refractivity contribution is 4.99. The van der Waals surface area contributed by atoms with E-state index in [1.807, 2.05) is 12.5 Å². The zero-order chi connectivity index (χ0) is 11.4. The number of nitrogens with zero attached hydrogens (tertiary/aromatic N) is 3. The molecule has 2 heterocycles. The third-order valence-corrected chi connectivity index (χ3v) is 3.46. The summed E-state index contributed by atoms with van der Waals surface area (Å²) in [5.41, 5.74) is 1.33. The van der Waals surface area contributed by atoms with Crippen LogP contribution in [0, 0.1) is 0 Å². The second-order valence-corrected chi connectivity index (χ2v) is 4.38. The van der Waals surface area contributed by atoms with Crippen molar-refractivity contribution in [2.24, 2.45) is 0 Å². The van der Waals surface area contributed by atoms with E-state index < -0.39 is 0 Å². The van der Waals surface area contributed by atoms with Gasteiger partial charge in [0.25, 0.3) is 0 Å². The minimum atomic E-state index is 0.699. The number of hydrogen-bond acceptors (Lipinski definition) is 3. The highest BCUT2D eigenvalue weighted by atomic mass is 15.2. The summed E-state index contributed by atoms with van der Waals surface area (Å²) in [5, 5.41) is 3.43. The van der Waals surface area contributed by atoms with Gasteiger partial charge in [-0.25, -0.2) is 4.98 Å². The molecule has 2 rings (SSSR count). The lowest BCUT2D eigenvalue weighted by Crippen LogP contribution is -2.36.